The molecule has 3 rings (SSSR count). The highest BCUT2D eigenvalue weighted by Crippen LogP contribution is 2.33. The monoisotopic (exact) mass is 345 g/mol. The molecular weight excluding hydrogens is 326 g/mol. The van der Waals surface area contributed by atoms with Crippen LogP contribution in [0.1, 0.15) is 30.0 Å². The quantitative estimate of drug-likeness (QED) is 0.797. The topological polar surface area (TPSA) is 106 Å². The van der Waals surface area contributed by atoms with E-state index in [1.54, 1.807) is 13.0 Å². The number of carboxylic acid groups (broad SMARTS) is 1. The summed E-state index contributed by atoms with van der Waals surface area (Å²) in [4.78, 5) is 34.5. The number of amides is 1. The lowest BCUT2D eigenvalue weighted by molar-refractivity contribution is -0.139. The first-order valence-corrected chi connectivity index (χ1v) is 8.12. The molecule has 0 bridgehead atoms. The summed E-state index contributed by atoms with van der Waals surface area (Å²) in [5.74, 6) is -1.23. The number of hydrogen-bond acceptors (Lipinski definition) is 5. The number of carbonyl (C=O) groups is 2. The summed E-state index contributed by atoms with van der Waals surface area (Å²) in [6.07, 6.45) is 1.66. The average molecular weight is 345 g/mol. The molecule has 2 N–H and O–H groups in total. The van der Waals surface area contributed by atoms with Crippen molar-refractivity contribution in [1.29, 1.82) is 0 Å². The van der Waals surface area contributed by atoms with E-state index >= 15 is 0 Å². The van der Waals surface area contributed by atoms with Gasteiger partial charge in [-0.15, -0.1) is 0 Å². The fourth-order valence-corrected chi connectivity index (χ4v) is 3.14. The third kappa shape index (κ3) is 3.22. The third-order valence-electron chi connectivity index (χ3n) is 4.43. The van der Waals surface area contributed by atoms with Crippen LogP contribution < -0.4 is 15.7 Å². The first kappa shape index (κ1) is 17.0. The van der Waals surface area contributed by atoms with E-state index in [9.17, 15) is 14.4 Å². The highest BCUT2D eigenvalue weighted by molar-refractivity contribution is 5.87. The zero-order valence-electron chi connectivity index (χ0n) is 14.0. The highest BCUT2D eigenvalue weighted by Gasteiger charge is 2.22. The van der Waals surface area contributed by atoms with Gasteiger partial charge in [0.15, 0.2) is 6.10 Å². The summed E-state index contributed by atoms with van der Waals surface area (Å²) >= 11 is 0. The van der Waals surface area contributed by atoms with E-state index in [0.29, 0.717) is 16.9 Å². The summed E-state index contributed by atoms with van der Waals surface area (Å²) in [7, 11) is 0. The van der Waals surface area contributed by atoms with E-state index in [1.165, 1.54) is 6.92 Å². The third-order valence-corrected chi connectivity index (χ3v) is 4.43. The molecule has 1 amide bonds. The van der Waals surface area contributed by atoms with Gasteiger partial charge in [-0.3, -0.25) is 9.59 Å². The molecule has 7 nitrogen and oxygen atoms in total. The Kier molecular flexibility index (Phi) is 4.48. The molecule has 1 aromatic carbocycles. The average Bonchev–Trinajstić information content (AvgIpc) is 3.06. The Morgan fingerprint density at radius 1 is 1.32 bits per heavy atom. The minimum absolute atomic E-state index is 0.313. The van der Waals surface area contributed by atoms with Crippen molar-refractivity contribution in [3.63, 3.8) is 0 Å². The van der Waals surface area contributed by atoms with Crippen LogP contribution in [0.15, 0.2) is 21.3 Å². The number of nitrogens with one attached hydrogen (secondary N) is 1. The van der Waals surface area contributed by atoms with Crippen molar-refractivity contribution >= 4 is 22.8 Å². The van der Waals surface area contributed by atoms with Gasteiger partial charge >= 0.3 is 11.6 Å². The maximum Gasteiger partial charge on any atom is 0.339 e. The van der Waals surface area contributed by atoms with Gasteiger partial charge in [0, 0.05) is 16.5 Å². The number of benzene rings is 1. The second kappa shape index (κ2) is 6.58. The molecule has 1 aliphatic rings. The van der Waals surface area contributed by atoms with Crippen LogP contribution in [0.4, 0.5) is 0 Å². The van der Waals surface area contributed by atoms with Crippen LogP contribution in [0.2, 0.25) is 0 Å². The van der Waals surface area contributed by atoms with Crippen LogP contribution in [0.3, 0.4) is 0 Å². The smallest absolute Gasteiger partial charge is 0.339 e. The van der Waals surface area contributed by atoms with Gasteiger partial charge in [0.1, 0.15) is 17.9 Å². The van der Waals surface area contributed by atoms with Crippen LogP contribution in [0.5, 0.6) is 5.75 Å². The van der Waals surface area contributed by atoms with Crippen molar-refractivity contribution in [2.75, 3.05) is 6.54 Å². The lowest BCUT2D eigenvalue weighted by Crippen LogP contribution is -2.39. The zero-order chi connectivity index (χ0) is 18.1. The number of rotatable bonds is 5. The second-order valence-corrected chi connectivity index (χ2v) is 6.14. The van der Waals surface area contributed by atoms with Gasteiger partial charge in [0.05, 0.1) is 0 Å². The van der Waals surface area contributed by atoms with Crippen LogP contribution in [-0.4, -0.2) is 29.6 Å². The van der Waals surface area contributed by atoms with Gasteiger partial charge in [-0.25, -0.2) is 4.79 Å². The van der Waals surface area contributed by atoms with E-state index in [2.05, 4.69) is 5.32 Å². The zero-order valence-corrected chi connectivity index (χ0v) is 14.0. The Morgan fingerprint density at radius 3 is 2.76 bits per heavy atom. The van der Waals surface area contributed by atoms with Crippen LogP contribution in [0, 0.1) is 6.92 Å². The fraction of sp³-hybridized carbons (Fsp3) is 0.389. The largest absolute Gasteiger partial charge is 0.480 e. The Bertz CT molecular complexity index is 914. The molecule has 0 saturated heterocycles. The number of carboxylic acids is 1. The number of aryl methyl sites for hydroxylation is 2. The second-order valence-electron chi connectivity index (χ2n) is 6.14. The van der Waals surface area contributed by atoms with Gasteiger partial charge in [-0.2, -0.15) is 0 Å². The number of fused-ring (bicyclic) bond motifs is 3. The summed E-state index contributed by atoms with van der Waals surface area (Å²) in [5, 5.41) is 11.8. The molecule has 1 heterocycles. The molecule has 0 spiro atoms. The van der Waals surface area contributed by atoms with E-state index < -0.39 is 24.5 Å². The summed E-state index contributed by atoms with van der Waals surface area (Å²) < 4.78 is 11.1. The SMILES string of the molecule is Cc1c(O[C@@H](C)C(=O)NCC(=O)O)ccc2c3c(c(=O)oc12)CCC3. The molecule has 0 unspecified atom stereocenters. The minimum Gasteiger partial charge on any atom is -0.480 e. The molecule has 7 heteroatoms. The molecule has 0 saturated carbocycles. The maximum absolute atomic E-state index is 12.1. The summed E-state index contributed by atoms with van der Waals surface area (Å²) in [5.41, 5.74) is 2.59. The van der Waals surface area contributed by atoms with Crippen LogP contribution >= 0.6 is 0 Å². The lowest BCUT2D eigenvalue weighted by atomic mass is 10.0. The molecule has 132 valence electrons. The normalized spacial score (nSPS) is 14.2. The summed E-state index contributed by atoms with van der Waals surface area (Å²) in [6, 6.07) is 3.59. The predicted octanol–water partition coefficient (Wildman–Crippen LogP) is 1.56. The van der Waals surface area contributed by atoms with E-state index in [0.717, 1.165) is 35.8 Å². The highest BCUT2D eigenvalue weighted by atomic mass is 16.5. The molecule has 25 heavy (non-hydrogen) atoms. The Hall–Kier alpha value is -2.83. The molecule has 0 radical (unpaired) electrons. The van der Waals surface area contributed by atoms with Gasteiger partial charge in [0.25, 0.3) is 5.91 Å². The first-order valence-electron chi connectivity index (χ1n) is 8.12. The fourth-order valence-electron chi connectivity index (χ4n) is 3.14. The van der Waals surface area contributed by atoms with Crippen molar-refractivity contribution < 1.29 is 23.8 Å². The van der Waals surface area contributed by atoms with E-state index in [-0.39, 0.29) is 5.63 Å². The minimum atomic E-state index is -1.13. The van der Waals surface area contributed by atoms with Gasteiger partial charge in [-0.1, -0.05) is 0 Å². The number of carbonyl (C=O) groups excluding carboxylic acids is 1. The van der Waals surface area contributed by atoms with Crippen molar-refractivity contribution in [2.45, 2.75) is 39.2 Å². The predicted molar refractivity (Wildman–Crippen MR) is 90.0 cm³/mol. The molecule has 1 atom stereocenters. The van der Waals surface area contributed by atoms with Crippen molar-refractivity contribution in [3.05, 3.63) is 39.2 Å². The van der Waals surface area contributed by atoms with Gasteiger partial charge < -0.3 is 19.6 Å². The maximum atomic E-state index is 12.1. The number of hydrogen-bond donors (Lipinski definition) is 2. The van der Waals surface area contributed by atoms with Gasteiger partial charge in [0.2, 0.25) is 0 Å². The molecule has 1 aliphatic carbocycles. The van der Waals surface area contributed by atoms with Crippen LogP contribution in [0.25, 0.3) is 11.0 Å². The van der Waals surface area contributed by atoms with E-state index in [1.807, 2.05) is 6.07 Å². The van der Waals surface area contributed by atoms with Crippen molar-refractivity contribution in [2.24, 2.45) is 0 Å². The first-order chi connectivity index (χ1) is 11.9. The number of ether oxygens (including phenoxy) is 1. The standard InChI is InChI=1S/C18H19NO6/c1-9-14(24-10(2)17(22)19-8-15(20)21)7-6-12-11-4-3-5-13(11)18(23)25-16(9)12/h6-7,10H,3-5,8H2,1-2H3,(H,19,22)(H,20,21)/t10-/m0/s1. The Labute approximate surface area is 143 Å². The van der Waals surface area contributed by atoms with Gasteiger partial charge in [-0.05, 0) is 50.8 Å². The Morgan fingerprint density at radius 2 is 2.04 bits per heavy atom. The molecular formula is C18H19NO6. The Balaban J connectivity index is 1.90. The molecule has 0 fully saturated rings. The number of aliphatic carboxylic acids is 1. The molecule has 1 aromatic heterocycles. The van der Waals surface area contributed by atoms with E-state index in [4.69, 9.17) is 14.3 Å². The lowest BCUT2D eigenvalue weighted by Gasteiger charge is -2.17. The summed E-state index contributed by atoms with van der Waals surface area (Å²) in [6.45, 7) is 2.83. The van der Waals surface area contributed by atoms with Crippen molar-refractivity contribution in [1.82, 2.24) is 5.32 Å². The molecule has 0 aliphatic heterocycles. The van der Waals surface area contributed by atoms with Crippen LogP contribution in [-0.2, 0) is 22.4 Å². The van der Waals surface area contributed by atoms with Crippen molar-refractivity contribution in [3.8, 4) is 5.75 Å². The molecule has 2 aromatic rings.